The predicted molar refractivity (Wildman–Crippen MR) is 205 cm³/mol. The lowest BCUT2D eigenvalue weighted by Gasteiger charge is -2.37. The fourth-order valence-corrected chi connectivity index (χ4v) is 11.9. The first-order valence-electron chi connectivity index (χ1n) is 17.7. The molecule has 0 bridgehead atoms. The summed E-state index contributed by atoms with van der Waals surface area (Å²) >= 11 is 3.62. The summed E-state index contributed by atoms with van der Waals surface area (Å²) in [7, 11) is -3.03. The van der Waals surface area contributed by atoms with Gasteiger partial charge in [-0.1, -0.05) is 71.4 Å². The van der Waals surface area contributed by atoms with Crippen molar-refractivity contribution >= 4 is 52.7 Å². The van der Waals surface area contributed by atoms with Crippen LogP contribution in [-0.4, -0.2) is 63.5 Å². The zero-order valence-corrected chi connectivity index (χ0v) is 31.8. The van der Waals surface area contributed by atoms with Crippen molar-refractivity contribution in [3.63, 3.8) is 0 Å². The van der Waals surface area contributed by atoms with E-state index in [1.54, 1.807) is 15.9 Å². The van der Waals surface area contributed by atoms with Crippen LogP contribution in [0.4, 0.5) is 5.69 Å². The molecule has 4 aromatic carbocycles. The smallest absolute Gasteiger partial charge is 0.279 e. The van der Waals surface area contributed by atoms with E-state index in [1.165, 1.54) is 4.68 Å². The van der Waals surface area contributed by atoms with Gasteiger partial charge in [0.15, 0.2) is 13.9 Å². The number of halogens is 1. The maximum Gasteiger partial charge on any atom is 0.279 e. The minimum atomic E-state index is -3.03. The van der Waals surface area contributed by atoms with Crippen molar-refractivity contribution in [1.29, 1.82) is 0 Å². The zero-order valence-electron chi connectivity index (χ0n) is 29.3. The van der Waals surface area contributed by atoms with Gasteiger partial charge < -0.3 is 24.4 Å². The molecule has 5 aromatic rings. The third-order valence-corrected chi connectivity index (χ3v) is 14.3. The van der Waals surface area contributed by atoms with Crippen LogP contribution in [0, 0.1) is 5.92 Å². The molecule has 3 N–H and O–H groups in total. The van der Waals surface area contributed by atoms with Crippen LogP contribution >= 0.6 is 15.9 Å². The monoisotopic (exact) mass is 780 g/mol. The van der Waals surface area contributed by atoms with Gasteiger partial charge in [0, 0.05) is 28.0 Å². The first kappa shape index (κ1) is 34.7. The lowest BCUT2D eigenvalue weighted by atomic mass is 9.82. The number of benzene rings is 4. The van der Waals surface area contributed by atoms with Crippen molar-refractivity contribution in [2.45, 2.75) is 69.2 Å². The highest BCUT2D eigenvalue weighted by atomic mass is 79.9. The number of hydrogen-bond acceptors (Lipinski definition) is 6. The van der Waals surface area contributed by atoms with E-state index in [0.717, 1.165) is 26.7 Å². The maximum atomic E-state index is 15.0. The molecule has 3 aliphatic heterocycles. The number of aliphatic hydroxyl groups excluding tert-OH is 1. The molecule has 12 heteroatoms. The Morgan fingerprint density at radius 2 is 1.75 bits per heavy atom. The number of amides is 2. The largest absolute Gasteiger partial charge is 0.432 e. The number of carbonyl (C=O) groups is 2. The van der Waals surface area contributed by atoms with Gasteiger partial charge in [0.05, 0.1) is 54.0 Å². The van der Waals surface area contributed by atoms with Crippen molar-refractivity contribution in [3.8, 4) is 5.69 Å². The molecule has 1 aromatic heterocycles. The van der Waals surface area contributed by atoms with E-state index in [9.17, 15) is 19.5 Å². The molecule has 0 unspecified atom stereocenters. The molecule has 1 saturated heterocycles. The molecule has 2 amide bonds. The number of aromatic nitrogens is 2. The van der Waals surface area contributed by atoms with Crippen molar-refractivity contribution in [2.75, 3.05) is 11.5 Å². The van der Waals surface area contributed by atoms with E-state index in [-0.39, 0.29) is 43.0 Å². The summed E-state index contributed by atoms with van der Waals surface area (Å²) in [5.41, 5.74) is 3.73. The first-order chi connectivity index (χ1) is 24.9. The summed E-state index contributed by atoms with van der Waals surface area (Å²) in [4.78, 5) is 57.7. The first-order valence-corrected chi connectivity index (χ1v) is 21.5. The van der Waals surface area contributed by atoms with Crippen molar-refractivity contribution in [3.05, 3.63) is 128 Å². The fraction of sp³-hybridized carbons (Fsp3) is 0.325. The molecule has 4 heterocycles. The molecule has 8 rings (SSSR count). The van der Waals surface area contributed by atoms with E-state index in [0.29, 0.717) is 35.3 Å². The van der Waals surface area contributed by atoms with Crippen LogP contribution in [-0.2, 0) is 39.4 Å². The molecule has 5 atom stereocenters. The number of nitrogens with one attached hydrogen (secondary N) is 1. The van der Waals surface area contributed by atoms with Crippen LogP contribution in [0.2, 0.25) is 18.6 Å². The average molecular weight is 782 g/mol. The zero-order chi connectivity index (χ0) is 36.5. The SMILES string of the molecule is C[C@H]1[C@H]([Si](C)(C)O)[C@@H](CC(=O)N2Cc3ccccc3C[C@H]2CO)O[C@]12C(=O)N(Cc1cccc(-n3[nH]c4ccccc4c3=O)c1)c1ccc(Br)cc12. The Morgan fingerprint density at radius 1 is 1.00 bits per heavy atom. The third-order valence-electron chi connectivity index (χ3n) is 11.3. The number of anilines is 1. The van der Waals surface area contributed by atoms with Gasteiger partial charge in [-0.25, -0.2) is 4.68 Å². The Balaban J connectivity index is 1.13. The van der Waals surface area contributed by atoms with Crippen molar-refractivity contribution < 1.29 is 24.2 Å². The lowest BCUT2D eigenvalue weighted by Crippen LogP contribution is -2.48. The molecule has 0 aliphatic carbocycles. The summed E-state index contributed by atoms with van der Waals surface area (Å²) in [6.07, 6.45) is -0.193. The van der Waals surface area contributed by atoms with Crippen LogP contribution in [0.1, 0.15) is 35.6 Å². The summed E-state index contributed by atoms with van der Waals surface area (Å²) < 4.78 is 9.26. The third kappa shape index (κ3) is 5.59. The molecule has 52 heavy (non-hydrogen) atoms. The van der Waals surface area contributed by atoms with E-state index in [1.807, 2.05) is 105 Å². The Labute approximate surface area is 310 Å². The summed E-state index contributed by atoms with van der Waals surface area (Å²) in [6.45, 7) is 6.08. The van der Waals surface area contributed by atoms with Gasteiger partial charge in [-0.15, -0.1) is 0 Å². The van der Waals surface area contributed by atoms with Crippen molar-refractivity contribution in [2.24, 2.45) is 5.92 Å². The molecule has 268 valence electrons. The minimum absolute atomic E-state index is 0.0235. The van der Waals surface area contributed by atoms with E-state index < -0.39 is 31.5 Å². The lowest BCUT2D eigenvalue weighted by molar-refractivity contribution is -0.151. The Hall–Kier alpha value is -4.33. The molecule has 0 saturated carbocycles. The fourth-order valence-electron chi connectivity index (χ4n) is 8.96. The molecule has 1 fully saturated rings. The topological polar surface area (TPSA) is 128 Å². The van der Waals surface area contributed by atoms with Gasteiger partial charge in [0.2, 0.25) is 5.91 Å². The van der Waals surface area contributed by atoms with Gasteiger partial charge in [0.1, 0.15) is 0 Å². The number of hydrogen-bond donors (Lipinski definition) is 3. The second kappa shape index (κ2) is 13.0. The van der Waals surface area contributed by atoms with Crippen molar-refractivity contribution in [1.82, 2.24) is 14.7 Å². The highest BCUT2D eigenvalue weighted by Crippen LogP contribution is 2.60. The van der Waals surface area contributed by atoms with Gasteiger partial charge >= 0.3 is 0 Å². The maximum absolute atomic E-state index is 15.0. The highest BCUT2D eigenvalue weighted by molar-refractivity contribution is 9.10. The minimum Gasteiger partial charge on any atom is -0.432 e. The quantitative estimate of drug-likeness (QED) is 0.180. The predicted octanol–water partition coefficient (Wildman–Crippen LogP) is 5.76. The number of aromatic amines is 1. The van der Waals surface area contributed by atoms with E-state index >= 15 is 4.79 Å². The van der Waals surface area contributed by atoms with Gasteiger partial charge in [-0.05, 0) is 78.7 Å². The van der Waals surface area contributed by atoms with E-state index in [4.69, 9.17) is 4.74 Å². The van der Waals surface area contributed by atoms with E-state index in [2.05, 4.69) is 21.0 Å². The Bertz CT molecular complexity index is 2280. The number of fused-ring (bicyclic) bond motifs is 4. The summed E-state index contributed by atoms with van der Waals surface area (Å²) in [6, 6.07) is 28.2. The van der Waals surface area contributed by atoms with Gasteiger partial charge in [-0.3, -0.25) is 19.5 Å². The molecule has 10 nitrogen and oxygen atoms in total. The number of carbonyl (C=O) groups excluding carboxylic acids is 2. The van der Waals surface area contributed by atoms with Crippen LogP contribution in [0.3, 0.4) is 0 Å². The number of para-hydroxylation sites is 1. The molecular formula is C40H41BrN4O6Si. The highest BCUT2D eigenvalue weighted by Gasteiger charge is 2.66. The molecule has 3 aliphatic rings. The second-order valence-electron chi connectivity index (χ2n) is 14.9. The molecule has 1 spiro atoms. The van der Waals surface area contributed by atoms with Crippen LogP contribution < -0.4 is 10.5 Å². The summed E-state index contributed by atoms with van der Waals surface area (Å²) in [5, 5.41) is 14.1. The number of nitrogens with zero attached hydrogens (tertiary/aromatic N) is 3. The number of aliphatic hydroxyl groups is 1. The number of rotatable bonds is 7. The normalized spacial score (nSPS) is 24.2. The number of ether oxygens (including phenoxy) is 1. The average Bonchev–Trinajstić information content (AvgIpc) is 3.70. The van der Waals surface area contributed by atoms with Gasteiger partial charge in [0.25, 0.3) is 11.5 Å². The van der Waals surface area contributed by atoms with Crippen LogP contribution in [0.25, 0.3) is 16.6 Å². The van der Waals surface area contributed by atoms with Crippen LogP contribution in [0.5, 0.6) is 0 Å². The molecule has 0 radical (unpaired) electrons. The standard InChI is InChI=1S/C40H41BrN4O6Si/c1-24-37(52(2,3)50)35(20-36(47)43-22-27-11-5-4-10-26(27)18-30(43)23-46)51-40(24)32-19-28(41)15-16-34(32)44(39(40)49)21-25-9-8-12-29(17-25)45-38(48)31-13-6-7-14-33(31)42-45/h4-17,19,24,30,35,37,42,46,50H,18,20-23H2,1-3H3/t24-,30-,35+,37-,40+/m0/s1. The number of H-pyrrole nitrogens is 1. The molecular weight excluding hydrogens is 740 g/mol. The van der Waals surface area contributed by atoms with Crippen LogP contribution in [0.15, 0.2) is 100 Å². The Kier molecular flexibility index (Phi) is 8.66. The van der Waals surface area contributed by atoms with Gasteiger partial charge in [-0.2, -0.15) is 0 Å². The second-order valence-corrected chi connectivity index (χ2v) is 19.8. The Morgan fingerprint density at radius 3 is 2.50 bits per heavy atom. The summed E-state index contributed by atoms with van der Waals surface area (Å²) in [5.74, 6) is -0.874.